The van der Waals surface area contributed by atoms with Crippen LogP contribution in [0.2, 0.25) is 0 Å². The van der Waals surface area contributed by atoms with E-state index in [1.54, 1.807) is 6.07 Å². The third-order valence-electron chi connectivity index (χ3n) is 2.22. The Bertz CT molecular complexity index is 368. The van der Waals surface area contributed by atoms with Crippen LogP contribution in [0.25, 0.3) is 0 Å². The van der Waals surface area contributed by atoms with E-state index in [9.17, 15) is 5.11 Å². The molecule has 0 radical (unpaired) electrons. The van der Waals surface area contributed by atoms with Crippen molar-refractivity contribution >= 4 is 0 Å². The molecule has 15 heavy (non-hydrogen) atoms. The van der Waals surface area contributed by atoms with Gasteiger partial charge in [0.15, 0.2) is 0 Å². The topological polar surface area (TPSA) is 52.5 Å². The molecule has 0 aliphatic heterocycles. The standard InChI is InChI=1S/C12H15NO2/c1-3-10(4-2)13-8-9-5-6-11(14)7-12(9)15/h1,5-7,10,13-15H,4,8H2,2H3. The SMILES string of the molecule is C#CC(CC)NCc1ccc(O)cc1O. The normalized spacial score (nSPS) is 12.0. The molecule has 3 nitrogen and oxygen atoms in total. The average molecular weight is 205 g/mol. The van der Waals surface area contributed by atoms with Crippen molar-refractivity contribution in [1.82, 2.24) is 5.32 Å². The highest BCUT2D eigenvalue weighted by molar-refractivity contribution is 5.38. The number of hydrogen-bond acceptors (Lipinski definition) is 3. The molecule has 0 amide bonds. The van der Waals surface area contributed by atoms with Crippen LogP contribution in [-0.4, -0.2) is 16.3 Å². The molecule has 3 N–H and O–H groups in total. The van der Waals surface area contributed by atoms with Gasteiger partial charge in [-0.3, -0.25) is 5.32 Å². The van der Waals surface area contributed by atoms with Crippen LogP contribution in [0, 0.1) is 12.3 Å². The van der Waals surface area contributed by atoms with Crippen molar-refractivity contribution in [2.75, 3.05) is 0 Å². The molecule has 1 unspecified atom stereocenters. The molecule has 0 aliphatic rings. The number of nitrogens with one attached hydrogen (secondary N) is 1. The lowest BCUT2D eigenvalue weighted by Gasteiger charge is -2.11. The van der Waals surface area contributed by atoms with Crippen LogP contribution in [0.4, 0.5) is 0 Å². The van der Waals surface area contributed by atoms with Crippen molar-refractivity contribution in [2.24, 2.45) is 0 Å². The quantitative estimate of drug-likeness (QED) is 0.654. The van der Waals surface area contributed by atoms with Crippen LogP contribution in [0.15, 0.2) is 18.2 Å². The summed E-state index contributed by atoms with van der Waals surface area (Å²) in [7, 11) is 0. The summed E-state index contributed by atoms with van der Waals surface area (Å²) in [5, 5.41) is 21.7. The first-order valence-electron chi connectivity index (χ1n) is 4.87. The van der Waals surface area contributed by atoms with E-state index in [2.05, 4.69) is 11.2 Å². The summed E-state index contributed by atoms with van der Waals surface area (Å²) in [6.07, 6.45) is 6.14. The number of terminal acetylenes is 1. The number of aromatic hydroxyl groups is 2. The van der Waals surface area contributed by atoms with Gasteiger partial charge in [-0.15, -0.1) is 6.42 Å². The minimum Gasteiger partial charge on any atom is -0.508 e. The lowest BCUT2D eigenvalue weighted by Crippen LogP contribution is -2.26. The van der Waals surface area contributed by atoms with Crippen LogP contribution in [0.5, 0.6) is 11.5 Å². The molecule has 0 fully saturated rings. The predicted molar refractivity (Wildman–Crippen MR) is 59.5 cm³/mol. The Kier molecular flexibility index (Phi) is 4.02. The molecular formula is C12H15NO2. The second-order valence-electron chi connectivity index (χ2n) is 3.32. The molecule has 1 aromatic carbocycles. The summed E-state index contributed by atoms with van der Waals surface area (Å²) in [5.74, 6) is 2.74. The van der Waals surface area contributed by atoms with Crippen LogP contribution >= 0.6 is 0 Å². The van der Waals surface area contributed by atoms with Gasteiger partial charge in [0, 0.05) is 18.2 Å². The Morgan fingerprint density at radius 3 is 2.73 bits per heavy atom. The predicted octanol–water partition coefficient (Wildman–Crippen LogP) is 1.60. The molecule has 0 aromatic heterocycles. The number of phenolic OH excluding ortho intramolecular Hbond substituents is 2. The van der Waals surface area contributed by atoms with Gasteiger partial charge < -0.3 is 10.2 Å². The highest BCUT2D eigenvalue weighted by Gasteiger charge is 2.04. The van der Waals surface area contributed by atoms with Crippen LogP contribution in [0.3, 0.4) is 0 Å². The summed E-state index contributed by atoms with van der Waals surface area (Å²) in [6.45, 7) is 2.49. The molecule has 80 valence electrons. The Hall–Kier alpha value is -1.66. The van der Waals surface area contributed by atoms with Crippen LogP contribution in [-0.2, 0) is 6.54 Å². The van der Waals surface area contributed by atoms with Crippen molar-refractivity contribution in [3.63, 3.8) is 0 Å². The monoisotopic (exact) mass is 205 g/mol. The molecular weight excluding hydrogens is 190 g/mol. The van der Waals surface area contributed by atoms with Gasteiger partial charge in [0.05, 0.1) is 6.04 Å². The van der Waals surface area contributed by atoms with E-state index in [0.717, 1.165) is 12.0 Å². The first kappa shape index (κ1) is 11.4. The zero-order valence-corrected chi connectivity index (χ0v) is 8.70. The molecule has 0 spiro atoms. The van der Waals surface area contributed by atoms with Gasteiger partial charge >= 0.3 is 0 Å². The van der Waals surface area contributed by atoms with Gasteiger partial charge in [-0.1, -0.05) is 18.9 Å². The molecule has 0 saturated heterocycles. The molecule has 3 heteroatoms. The third kappa shape index (κ3) is 3.19. The lowest BCUT2D eigenvalue weighted by atomic mass is 10.1. The maximum atomic E-state index is 9.50. The van der Waals surface area contributed by atoms with Gasteiger partial charge in [0.1, 0.15) is 11.5 Å². The maximum Gasteiger partial charge on any atom is 0.123 e. The fourth-order valence-electron chi connectivity index (χ4n) is 1.26. The second-order valence-corrected chi connectivity index (χ2v) is 3.32. The molecule has 0 bridgehead atoms. The summed E-state index contributed by atoms with van der Waals surface area (Å²) >= 11 is 0. The molecule has 1 rings (SSSR count). The van der Waals surface area contributed by atoms with E-state index in [1.807, 2.05) is 6.92 Å². The van der Waals surface area contributed by atoms with Crippen molar-refractivity contribution in [3.05, 3.63) is 23.8 Å². The first-order chi connectivity index (χ1) is 7.17. The van der Waals surface area contributed by atoms with Crippen LogP contribution < -0.4 is 5.32 Å². The minimum absolute atomic E-state index is 0.0122. The van der Waals surface area contributed by atoms with E-state index in [4.69, 9.17) is 11.5 Å². The second kappa shape index (κ2) is 5.28. The van der Waals surface area contributed by atoms with E-state index in [1.165, 1.54) is 12.1 Å². The zero-order valence-electron chi connectivity index (χ0n) is 8.70. The maximum absolute atomic E-state index is 9.50. The Balaban J connectivity index is 2.62. The smallest absolute Gasteiger partial charge is 0.123 e. The van der Waals surface area contributed by atoms with Gasteiger partial charge in [0.25, 0.3) is 0 Å². The number of benzene rings is 1. The number of hydrogen-bond donors (Lipinski definition) is 3. The van der Waals surface area contributed by atoms with Crippen molar-refractivity contribution in [1.29, 1.82) is 0 Å². The van der Waals surface area contributed by atoms with E-state index >= 15 is 0 Å². The highest BCUT2D eigenvalue weighted by Crippen LogP contribution is 2.22. The minimum atomic E-state index is 0.0122. The zero-order chi connectivity index (χ0) is 11.3. The fourth-order valence-corrected chi connectivity index (χ4v) is 1.26. The Morgan fingerprint density at radius 1 is 1.47 bits per heavy atom. The van der Waals surface area contributed by atoms with E-state index in [0.29, 0.717) is 6.54 Å². The van der Waals surface area contributed by atoms with Gasteiger partial charge in [-0.2, -0.15) is 0 Å². The van der Waals surface area contributed by atoms with Gasteiger partial charge in [-0.05, 0) is 12.5 Å². The largest absolute Gasteiger partial charge is 0.508 e. The van der Waals surface area contributed by atoms with Crippen molar-refractivity contribution in [2.45, 2.75) is 25.9 Å². The Labute approximate surface area is 89.8 Å². The van der Waals surface area contributed by atoms with Crippen molar-refractivity contribution in [3.8, 4) is 23.8 Å². The lowest BCUT2D eigenvalue weighted by molar-refractivity contribution is 0.442. The van der Waals surface area contributed by atoms with E-state index in [-0.39, 0.29) is 17.5 Å². The highest BCUT2D eigenvalue weighted by atomic mass is 16.3. The van der Waals surface area contributed by atoms with Gasteiger partial charge in [-0.25, -0.2) is 0 Å². The summed E-state index contributed by atoms with van der Waals surface area (Å²) < 4.78 is 0. The fraction of sp³-hybridized carbons (Fsp3) is 0.333. The molecule has 0 saturated carbocycles. The summed E-state index contributed by atoms with van der Waals surface area (Å²) in [4.78, 5) is 0. The molecule has 0 aliphatic carbocycles. The first-order valence-corrected chi connectivity index (χ1v) is 4.87. The molecule has 1 atom stereocenters. The summed E-state index contributed by atoms with van der Waals surface area (Å²) in [6, 6.07) is 4.53. The third-order valence-corrected chi connectivity index (χ3v) is 2.22. The number of phenols is 2. The number of rotatable bonds is 4. The van der Waals surface area contributed by atoms with E-state index < -0.39 is 0 Å². The molecule has 0 heterocycles. The molecule has 1 aromatic rings. The van der Waals surface area contributed by atoms with Crippen molar-refractivity contribution < 1.29 is 10.2 Å². The summed E-state index contributed by atoms with van der Waals surface area (Å²) in [5.41, 5.74) is 0.724. The Morgan fingerprint density at radius 2 is 2.20 bits per heavy atom. The van der Waals surface area contributed by atoms with Gasteiger partial charge in [0.2, 0.25) is 0 Å². The average Bonchev–Trinajstić information content (AvgIpc) is 2.22. The van der Waals surface area contributed by atoms with Crippen LogP contribution in [0.1, 0.15) is 18.9 Å².